The summed E-state index contributed by atoms with van der Waals surface area (Å²) >= 11 is 1.57. The number of rotatable bonds is 5. The van der Waals surface area contributed by atoms with Gasteiger partial charge in [0, 0.05) is 12.6 Å². The van der Waals surface area contributed by atoms with E-state index in [0.29, 0.717) is 18.5 Å². The summed E-state index contributed by atoms with van der Waals surface area (Å²) in [5.74, 6) is -0.452. The van der Waals surface area contributed by atoms with Gasteiger partial charge in [-0.1, -0.05) is 12.1 Å². The Labute approximate surface area is 131 Å². The van der Waals surface area contributed by atoms with Crippen molar-refractivity contribution in [2.45, 2.75) is 25.9 Å². The van der Waals surface area contributed by atoms with Gasteiger partial charge in [-0.15, -0.1) is 0 Å². The van der Waals surface area contributed by atoms with E-state index in [0.717, 1.165) is 11.1 Å². The number of hydrogen-bond donors (Lipinski definition) is 1. The first kappa shape index (κ1) is 14.6. The number of amides is 1. The maximum Gasteiger partial charge on any atom is 0.420 e. The maximum atomic E-state index is 12.0. The number of para-hydroxylation sites is 2. The lowest BCUT2D eigenvalue weighted by atomic mass is 10.2. The quantitative estimate of drug-likeness (QED) is 0.786. The van der Waals surface area contributed by atoms with Crippen molar-refractivity contribution in [2.75, 3.05) is 0 Å². The molecule has 3 aromatic rings. The molecule has 0 aliphatic heterocycles. The highest BCUT2D eigenvalue weighted by molar-refractivity contribution is 7.07. The number of nitrogens with zero attached hydrogens (tertiary/aromatic N) is 1. The van der Waals surface area contributed by atoms with Crippen molar-refractivity contribution in [1.82, 2.24) is 9.88 Å². The third kappa shape index (κ3) is 3.12. The molecule has 5 nitrogen and oxygen atoms in total. The minimum atomic E-state index is -0.403. The largest absolute Gasteiger partial charge is 0.420 e. The van der Waals surface area contributed by atoms with Crippen LogP contribution in [0.5, 0.6) is 0 Å². The van der Waals surface area contributed by atoms with Crippen LogP contribution in [0.4, 0.5) is 0 Å². The van der Waals surface area contributed by atoms with E-state index >= 15 is 0 Å². The van der Waals surface area contributed by atoms with Gasteiger partial charge in [0.05, 0.1) is 11.9 Å². The fourth-order valence-corrected chi connectivity index (χ4v) is 3.08. The Bertz CT molecular complexity index is 833. The second kappa shape index (κ2) is 6.19. The van der Waals surface area contributed by atoms with Gasteiger partial charge in [0.2, 0.25) is 5.91 Å². The van der Waals surface area contributed by atoms with Crippen LogP contribution in [0.3, 0.4) is 0 Å². The van der Waals surface area contributed by atoms with Crippen molar-refractivity contribution in [3.05, 3.63) is 57.2 Å². The molecule has 1 aromatic carbocycles. The second-order valence-corrected chi connectivity index (χ2v) is 6.00. The standard InChI is InChI=1S/C16H16N2O3S/c1-11(17-15(19)8-12-6-7-22-10-12)9-18-13-4-2-3-5-14(13)21-16(18)20/h2-7,10-11H,8-9H2,1H3,(H,17,19)/t11-/m1/s1. The Morgan fingerprint density at radius 2 is 2.18 bits per heavy atom. The predicted molar refractivity (Wildman–Crippen MR) is 86.1 cm³/mol. The van der Waals surface area contributed by atoms with Crippen molar-refractivity contribution >= 4 is 28.3 Å². The van der Waals surface area contributed by atoms with Gasteiger partial charge >= 0.3 is 5.76 Å². The first-order valence-electron chi connectivity index (χ1n) is 7.02. The molecule has 0 spiro atoms. The smallest absolute Gasteiger partial charge is 0.408 e. The highest BCUT2D eigenvalue weighted by Crippen LogP contribution is 2.12. The Hall–Kier alpha value is -2.34. The number of benzene rings is 1. The van der Waals surface area contributed by atoms with Crippen LogP contribution in [-0.4, -0.2) is 16.5 Å². The average Bonchev–Trinajstić information content (AvgIpc) is 3.08. The van der Waals surface area contributed by atoms with E-state index in [1.54, 1.807) is 22.0 Å². The van der Waals surface area contributed by atoms with Gasteiger partial charge in [-0.3, -0.25) is 9.36 Å². The summed E-state index contributed by atoms with van der Waals surface area (Å²) in [5.41, 5.74) is 2.30. The van der Waals surface area contributed by atoms with Gasteiger partial charge in [0.1, 0.15) is 0 Å². The first-order chi connectivity index (χ1) is 10.6. The molecule has 0 aliphatic rings. The molecule has 0 radical (unpaired) electrons. The second-order valence-electron chi connectivity index (χ2n) is 5.22. The average molecular weight is 316 g/mol. The lowest BCUT2D eigenvalue weighted by molar-refractivity contribution is -0.121. The molecule has 0 bridgehead atoms. The topological polar surface area (TPSA) is 64.2 Å². The van der Waals surface area contributed by atoms with Gasteiger partial charge in [-0.05, 0) is 41.4 Å². The fourth-order valence-electron chi connectivity index (χ4n) is 2.41. The Morgan fingerprint density at radius 1 is 1.36 bits per heavy atom. The summed E-state index contributed by atoms with van der Waals surface area (Å²) in [4.78, 5) is 23.9. The lowest BCUT2D eigenvalue weighted by Crippen LogP contribution is -2.38. The maximum absolute atomic E-state index is 12.0. The number of hydrogen-bond acceptors (Lipinski definition) is 4. The SMILES string of the molecule is C[C@H](Cn1c(=O)oc2ccccc21)NC(=O)Cc1ccsc1. The normalized spacial score (nSPS) is 12.4. The van der Waals surface area contributed by atoms with E-state index in [1.807, 2.05) is 41.9 Å². The Kier molecular flexibility index (Phi) is 4.11. The van der Waals surface area contributed by atoms with E-state index < -0.39 is 5.76 Å². The highest BCUT2D eigenvalue weighted by atomic mass is 32.1. The summed E-state index contributed by atoms with van der Waals surface area (Å²) in [6.07, 6.45) is 0.356. The minimum Gasteiger partial charge on any atom is -0.408 e. The van der Waals surface area contributed by atoms with Crippen LogP contribution >= 0.6 is 11.3 Å². The molecule has 6 heteroatoms. The number of carbonyl (C=O) groups excluding carboxylic acids is 1. The summed E-state index contributed by atoms with van der Waals surface area (Å²) in [6.45, 7) is 2.25. The predicted octanol–water partition coefficient (Wildman–Crippen LogP) is 2.40. The fraction of sp³-hybridized carbons (Fsp3) is 0.250. The van der Waals surface area contributed by atoms with Gasteiger partial charge in [0.25, 0.3) is 0 Å². The molecule has 22 heavy (non-hydrogen) atoms. The number of carbonyl (C=O) groups is 1. The molecule has 0 fully saturated rings. The van der Waals surface area contributed by atoms with E-state index in [-0.39, 0.29) is 11.9 Å². The number of nitrogens with one attached hydrogen (secondary N) is 1. The van der Waals surface area contributed by atoms with E-state index in [1.165, 1.54) is 0 Å². The van der Waals surface area contributed by atoms with E-state index in [9.17, 15) is 9.59 Å². The Morgan fingerprint density at radius 3 is 2.95 bits per heavy atom. The third-order valence-corrected chi connectivity index (χ3v) is 4.11. The van der Waals surface area contributed by atoms with Gasteiger partial charge < -0.3 is 9.73 Å². The van der Waals surface area contributed by atoms with Crippen molar-refractivity contribution in [1.29, 1.82) is 0 Å². The van der Waals surface area contributed by atoms with Gasteiger partial charge in [0.15, 0.2) is 5.58 Å². The Balaban J connectivity index is 1.68. The van der Waals surface area contributed by atoms with Crippen molar-refractivity contribution in [3.8, 4) is 0 Å². The molecule has 0 saturated carbocycles. The van der Waals surface area contributed by atoms with Crippen LogP contribution < -0.4 is 11.1 Å². The van der Waals surface area contributed by atoms with Crippen LogP contribution in [0.25, 0.3) is 11.1 Å². The molecular formula is C16H16N2O3S. The van der Waals surface area contributed by atoms with Crippen molar-refractivity contribution in [2.24, 2.45) is 0 Å². The van der Waals surface area contributed by atoms with Crippen molar-refractivity contribution in [3.63, 3.8) is 0 Å². The number of thiophene rings is 1. The summed E-state index contributed by atoms with van der Waals surface area (Å²) in [6, 6.07) is 9.04. The molecule has 114 valence electrons. The van der Waals surface area contributed by atoms with Crippen LogP contribution in [-0.2, 0) is 17.8 Å². The summed E-state index contributed by atoms with van der Waals surface area (Å²) < 4.78 is 6.73. The van der Waals surface area contributed by atoms with Crippen molar-refractivity contribution < 1.29 is 9.21 Å². The van der Waals surface area contributed by atoms with Gasteiger partial charge in [-0.25, -0.2) is 4.79 Å². The highest BCUT2D eigenvalue weighted by Gasteiger charge is 2.14. The first-order valence-corrected chi connectivity index (χ1v) is 7.96. The number of aromatic nitrogens is 1. The zero-order valence-electron chi connectivity index (χ0n) is 12.1. The molecule has 0 saturated heterocycles. The van der Waals surface area contributed by atoms with Crippen LogP contribution in [0, 0.1) is 0 Å². The number of fused-ring (bicyclic) bond motifs is 1. The third-order valence-electron chi connectivity index (χ3n) is 3.38. The van der Waals surface area contributed by atoms with Gasteiger partial charge in [-0.2, -0.15) is 11.3 Å². The molecule has 3 rings (SSSR count). The molecule has 0 unspecified atom stereocenters. The monoisotopic (exact) mass is 316 g/mol. The lowest BCUT2D eigenvalue weighted by Gasteiger charge is -2.14. The zero-order valence-corrected chi connectivity index (χ0v) is 12.9. The van der Waals surface area contributed by atoms with Crippen LogP contribution in [0.15, 0.2) is 50.3 Å². The number of oxazole rings is 1. The summed E-state index contributed by atoms with van der Waals surface area (Å²) in [5, 5.41) is 6.82. The molecule has 0 aliphatic carbocycles. The van der Waals surface area contributed by atoms with Crippen LogP contribution in [0.1, 0.15) is 12.5 Å². The minimum absolute atomic E-state index is 0.0493. The molecule has 1 N–H and O–H groups in total. The van der Waals surface area contributed by atoms with Crippen LogP contribution in [0.2, 0.25) is 0 Å². The molecule has 1 amide bonds. The molecule has 2 heterocycles. The van der Waals surface area contributed by atoms with E-state index in [4.69, 9.17) is 4.42 Å². The summed E-state index contributed by atoms with van der Waals surface area (Å²) in [7, 11) is 0. The molecule has 1 atom stereocenters. The zero-order chi connectivity index (χ0) is 15.5. The van der Waals surface area contributed by atoms with E-state index in [2.05, 4.69) is 5.32 Å². The molecular weight excluding hydrogens is 300 g/mol. The molecule has 2 aromatic heterocycles.